The molecule has 1 aromatic rings. The van der Waals surface area contributed by atoms with Crippen molar-refractivity contribution in [1.29, 1.82) is 0 Å². The molecule has 1 fully saturated rings. The molecule has 1 aromatic carbocycles. The number of benzene rings is 1. The Morgan fingerprint density at radius 3 is 1.65 bits per heavy atom. The largest absolute Gasteiger partial charge is 0.494 e. The lowest BCUT2D eigenvalue weighted by Crippen LogP contribution is -2.70. The Bertz CT molecular complexity index is 1040. The van der Waals surface area contributed by atoms with Gasteiger partial charge in [-0.25, -0.2) is 0 Å². The molecule has 1 aliphatic rings. The van der Waals surface area contributed by atoms with E-state index < -0.39 is 92.4 Å². The zero-order chi connectivity index (χ0) is 33.2. The Hall–Kier alpha value is -2.29. The summed E-state index contributed by atoms with van der Waals surface area (Å²) in [4.78, 5) is 0. The Labute approximate surface area is 233 Å². The summed E-state index contributed by atoms with van der Waals surface area (Å²) in [6, 6.07) is 5.06. The lowest BCUT2D eigenvalue weighted by Gasteiger charge is -2.39. The van der Waals surface area contributed by atoms with E-state index in [2.05, 4.69) is 0 Å². The summed E-state index contributed by atoms with van der Waals surface area (Å²) in [5.41, 5.74) is 0. The number of aliphatic hydroxyl groups excluding tert-OH is 4. The van der Waals surface area contributed by atoms with Gasteiger partial charge < -0.3 is 34.6 Å². The second-order valence-corrected chi connectivity index (χ2v) is 9.45. The van der Waals surface area contributed by atoms with Gasteiger partial charge in [0.1, 0.15) is 35.9 Å². The van der Waals surface area contributed by atoms with Gasteiger partial charge in [0.05, 0.1) is 13.2 Å². The number of hydrogen-bond donors (Lipinski definition) is 4. The Morgan fingerprint density at radius 1 is 0.628 bits per heavy atom. The highest BCUT2D eigenvalue weighted by Crippen LogP contribution is 2.60. The number of unbranched alkanes of at least 4 members (excludes halogenated alkanes) is 2. The van der Waals surface area contributed by atoms with Crippen LogP contribution in [0.4, 0.5) is 57.1 Å². The molecule has 0 amide bonds. The molecule has 1 aliphatic heterocycles. The first-order valence-electron chi connectivity index (χ1n) is 12.1. The van der Waals surface area contributed by atoms with Gasteiger partial charge in [0.25, 0.3) is 0 Å². The van der Waals surface area contributed by atoms with Gasteiger partial charge >= 0.3 is 35.8 Å². The second-order valence-electron chi connectivity index (χ2n) is 9.45. The Balaban J connectivity index is 1.87. The summed E-state index contributed by atoms with van der Waals surface area (Å²) in [5.74, 6) is -36.8. The van der Waals surface area contributed by atoms with E-state index in [1.165, 1.54) is 24.3 Å². The van der Waals surface area contributed by atoms with Crippen LogP contribution in [0.25, 0.3) is 0 Å². The lowest BCUT2D eigenvalue weighted by atomic mass is 9.91. The third kappa shape index (κ3) is 7.18. The van der Waals surface area contributed by atoms with Crippen LogP contribution >= 0.6 is 0 Å². The van der Waals surface area contributed by atoms with E-state index in [0.717, 1.165) is 0 Å². The molecule has 43 heavy (non-hydrogen) atoms. The molecule has 0 unspecified atom stereocenters. The smallest absolute Gasteiger partial charge is 0.460 e. The van der Waals surface area contributed by atoms with Crippen molar-refractivity contribution >= 4 is 0 Å². The highest BCUT2D eigenvalue weighted by atomic mass is 19.4. The minimum atomic E-state index is -7.92. The minimum Gasteiger partial charge on any atom is -0.494 e. The maximum absolute atomic E-state index is 13.8. The quantitative estimate of drug-likeness (QED) is 0.172. The van der Waals surface area contributed by atoms with E-state index in [1.54, 1.807) is 0 Å². The van der Waals surface area contributed by atoms with Crippen LogP contribution < -0.4 is 9.47 Å². The topological polar surface area (TPSA) is 109 Å². The van der Waals surface area contributed by atoms with Gasteiger partial charge in [-0.1, -0.05) is 0 Å². The molecule has 2 rings (SSSR count). The molecule has 7 nitrogen and oxygen atoms in total. The van der Waals surface area contributed by atoms with E-state index in [-0.39, 0.29) is 24.5 Å². The van der Waals surface area contributed by atoms with Crippen LogP contribution in [-0.2, 0) is 4.74 Å². The summed E-state index contributed by atoms with van der Waals surface area (Å²) >= 11 is 0. The van der Waals surface area contributed by atoms with E-state index in [1.807, 2.05) is 0 Å². The average molecular weight is 660 g/mol. The van der Waals surface area contributed by atoms with Crippen LogP contribution in [0.15, 0.2) is 24.3 Å². The van der Waals surface area contributed by atoms with Gasteiger partial charge in [-0.3, -0.25) is 0 Å². The zero-order valence-corrected chi connectivity index (χ0v) is 21.4. The van der Waals surface area contributed by atoms with E-state index in [9.17, 15) is 77.5 Å². The Morgan fingerprint density at radius 2 is 1.14 bits per heavy atom. The molecule has 0 aromatic heterocycles. The molecule has 0 bridgehead atoms. The number of ether oxygens (including phenoxy) is 3. The molecule has 0 radical (unpaired) electrons. The molecule has 1 saturated heterocycles. The van der Waals surface area contributed by atoms with Gasteiger partial charge in [-0.15, -0.1) is 0 Å². The van der Waals surface area contributed by atoms with Crippen LogP contribution in [0.3, 0.4) is 0 Å². The van der Waals surface area contributed by atoms with Crippen LogP contribution in [0.1, 0.15) is 25.7 Å². The number of aliphatic hydroxyl groups is 4. The van der Waals surface area contributed by atoms with Crippen molar-refractivity contribution in [2.24, 2.45) is 0 Å². The predicted molar refractivity (Wildman–Crippen MR) is 116 cm³/mol. The number of halogens is 13. The molecule has 0 aliphatic carbocycles. The summed E-state index contributed by atoms with van der Waals surface area (Å²) in [7, 11) is 0. The lowest BCUT2D eigenvalue weighted by molar-refractivity contribution is -0.440. The minimum absolute atomic E-state index is 0.0372. The maximum Gasteiger partial charge on any atom is 0.460 e. The molecule has 1 heterocycles. The van der Waals surface area contributed by atoms with Crippen molar-refractivity contribution in [1.82, 2.24) is 0 Å². The van der Waals surface area contributed by atoms with Crippen molar-refractivity contribution in [3.05, 3.63) is 24.3 Å². The van der Waals surface area contributed by atoms with Crippen molar-refractivity contribution in [3.8, 4) is 11.5 Å². The van der Waals surface area contributed by atoms with Crippen molar-refractivity contribution in [2.45, 2.75) is 92.2 Å². The SMILES string of the molecule is OC[C@H]1O[C@@H](Oc2ccc(OCCCCCC(F)(F)C(F)(F)C(F)(F)C(F)(F)C(F)(F)C(F)(F)F)cc2)[C@H](O)[C@@H](O)[C@@H]1O. The normalized spacial score (nSPS) is 24.6. The van der Waals surface area contributed by atoms with Crippen molar-refractivity contribution in [2.75, 3.05) is 13.2 Å². The summed E-state index contributed by atoms with van der Waals surface area (Å²) in [6.07, 6.45) is -19.3. The highest BCUT2D eigenvalue weighted by molar-refractivity contribution is 5.31. The van der Waals surface area contributed by atoms with E-state index in [4.69, 9.17) is 14.2 Å². The first-order valence-corrected chi connectivity index (χ1v) is 12.1. The fourth-order valence-corrected chi connectivity index (χ4v) is 3.69. The van der Waals surface area contributed by atoms with Gasteiger partial charge in [0.15, 0.2) is 0 Å². The van der Waals surface area contributed by atoms with Gasteiger partial charge in [-0.2, -0.15) is 57.1 Å². The molecule has 5 atom stereocenters. The fraction of sp³-hybridized carbons (Fsp3) is 0.739. The molecule has 250 valence electrons. The molecule has 0 spiro atoms. The second kappa shape index (κ2) is 13.0. The first kappa shape index (κ1) is 36.9. The van der Waals surface area contributed by atoms with Crippen LogP contribution in [0.2, 0.25) is 0 Å². The summed E-state index contributed by atoms with van der Waals surface area (Å²) in [5, 5.41) is 38.6. The average Bonchev–Trinajstić information content (AvgIpc) is 2.90. The molecular weight excluding hydrogens is 635 g/mol. The number of alkyl halides is 13. The molecule has 4 N–H and O–H groups in total. The van der Waals surface area contributed by atoms with Crippen molar-refractivity contribution < 1.29 is 91.7 Å². The van der Waals surface area contributed by atoms with Crippen molar-refractivity contribution in [3.63, 3.8) is 0 Å². The van der Waals surface area contributed by atoms with Gasteiger partial charge in [-0.05, 0) is 43.5 Å². The third-order valence-electron chi connectivity index (χ3n) is 6.33. The highest BCUT2D eigenvalue weighted by Gasteiger charge is 2.90. The Kier molecular flexibility index (Phi) is 11.1. The zero-order valence-electron chi connectivity index (χ0n) is 21.4. The van der Waals surface area contributed by atoms with Crippen LogP contribution in [0, 0.1) is 0 Å². The predicted octanol–water partition coefficient (Wildman–Crippen LogP) is 4.54. The van der Waals surface area contributed by atoms with E-state index >= 15 is 0 Å². The molecule has 0 saturated carbocycles. The monoisotopic (exact) mass is 660 g/mol. The summed E-state index contributed by atoms with van der Waals surface area (Å²) < 4.78 is 186. The standard InChI is InChI=1S/C23H25F13O7/c24-18(25,19(26,27)20(28,29)21(30,31)22(32,33)23(34,35)36)8-2-1-3-9-41-11-4-6-12(7-5-11)42-17-16(40)15(39)14(38)13(10-37)43-17/h4-7,13-17,37-40H,1-3,8-10H2/t13-,14-,15+,16-,17-/m1/s1. The molecule has 20 heteroatoms. The van der Waals surface area contributed by atoms with Gasteiger partial charge in [0.2, 0.25) is 6.29 Å². The van der Waals surface area contributed by atoms with E-state index in [0.29, 0.717) is 0 Å². The van der Waals surface area contributed by atoms with Crippen LogP contribution in [-0.4, -0.2) is 100 Å². The van der Waals surface area contributed by atoms with Crippen LogP contribution in [0.5, 0.6) is 11.5 Å². The first-order chi connectivity index (χ1) is 19.5. The summed E-state index contributed by atoms with van der Waals surface area (Å²) in [6.45, 7) is -1.01. The third-order valence-corrected chi connectivity index (χ3v) is 6.33. The number of hydrogen-bond acceptors (Lipinski definition) is 7. The fourth-order valence-electron chi connectivity index (χ4n) is 3.69. The van der Waals surface area contributed by atoms with Gasteiger partial charge in [0, 0.05) is 6.42 Å². The number of rotatable bonds is 14. The maximum atomic E-state index is 13.8. The molecular formula is C23H25F13O7.